The predicted octanol–water partition coefficient (Wildman–Crippen LogP) is 1.22. The van der Waals surface area contributed by atoms with Crippen LogP contribution in [0.25, 0.3) is 0 Å². The van der Waals surface area contributed by atoms with E-state index < -0.39 is 0 Å². The van der Waals surface area contributed by atoms with Crippen molar-refractivity contribution in [1.29, 1.82) is 0 Å². The summed E-state index contributed by atoms with van der Waals surface area (Å²) in [6.45, 7) is 0. The van der Waals surface area contributed by atoms with Gasteiger partial charge in [-0.05, 0) is 12.8 Å². The monoisotopic (exact) mass is 203 g/mol. The zero-order valence-corrected chi connectivity index (χ0v) is 7.23. The Morgan fingerprint density at radius 2 is 2.20 bits per heavy atom. The van der Waals surface area contributed by atoms with E-state index in [4.69, 9.17) is 0 Å². The zero-order valence-electron chi connectivity index (χ0n) is 5.64. The van der Waals surface area contributed by atoms with E-state index in [2.05, 4.69) is 33.4 Å². The van der Waals surface area contributed by atoms with Gasteiger partial charge in [-0.3, -0.25) is 4.79 Å². The molecule has 56 valence electrons. The summed E-state index contributed by atoms with van der Waals surface area (Å²) >= 11 is 3.09. The van der Waals surface area contributed by atoms with Crippen LogP contribution >= 0.6 is 15.9 Å². The van der Waals surface area contributed by atoms with Crippen LogP contribution in [-0.2, 0) is 4.79 Å². The molecule has 0 radical (unpaired) electrons. The van der Waals surface area contributed by atoms with Crippen molar-refractivity contribution in [2.75, 3.05) is 5.33 Å². The maximum atomic E-state index is 10.8. The molecule has 0 aromatic carbocycles. The first-order chi connectivity index (χ1) is 4.83. The van der Waals surface area contributed by atoms with Crippen molar-refractivity contribution in [3.8, 4) is 0 Å². The summed E-state index contributed by atoms with van der Waals surface area (Å²) in [5.41, 5.74) is 0. The van der Waals surface area contributed by atoms with Crippen molar-refractivity contribution < 1.29 is 4.79 Å². The van der Waals surface area contributed by atoms with Gasteiger partial charge in [0.25, 0.3) is 0 Å². The first-order valence-electron chi connectivity index (χ1n) is 3.33. The Bertz CT molecular complexity index is 148. The van der Waals surface area contributed by atoms with Crippen LogP contribution in [0.5, 0.6) is 0 Å². The highest BCUT2D eigenvalue weighted by Crippen LogP contribution is 2.08. The minimum Gasteiger partial charge on any atom is -0.352 e. The van der Waals surface area contributed by atoms with Crippen molar-refractivity contribution in [1.82, 2.24) is 5.32 Å². The third-order valence-electron chi connectivity index (χ3n) is 1.49. The van der Waals surface area contributed by atoms with Crippen LogP contribution in [0, 0.1) is 0 Å². The van der Waals surface area contributed by atoms with Crippen LogP contribution in [0.4, 0.5) is 0 Å². The van der Waals surface area contributed by atoms with Gasteiger partial charge in [0.15, 0.2) is 0 Å². The fraction of sp³-hybridized carbons (Fsp3) is 0.571. The van der Waals surface area contributed by atoms with Crippen LogP contribution in [0.2, 0.25) is 0 Å². The van der Waals surface area contributed by atoms with E-state index in [9.17, 15) is 4.79 Å². The molecule has 1 rings (SSSR count). The molecule has 10 heavy (non-hydrogen) atoms. The van der Waals surface area contributed by atoms with Gasteiger partial charge in [0, 0.05) is 6.04 Å². The molecular weight excluding hydrogens is 194 g/mol. The molecule has 1 aliphatic rings. The van der Waals surface area contributed by atoms with Crippen molar-refractivity contribution in [2.24, 2.45) is 0 Å². The van der Waals surface area contributed by atoms with Crippen LogP contribution in [0.15, 0.2) is 12.2 Å². The lowest BCUT2D eigenvalue weighted by molar-refractivity contribution is -0.119. The third-order valence-corrected chi connectivity index (χ3v) is 2.00. The first-order valence-corrected chi connectivity index (χ1v) is 4.45. The second-order valence-electron chi connectivity index (χ2n) is 2.34. The van der Waals surface area contributed by atoms with Crippen LogP contribution in [0.3, 0.4) is 0 Å². The fourth-order valence-corrected chi connectivity index (χ4v) is 1.16. The number of alkyl halides is 1. The van der Waals surface area contributed by atoms with Gasteiger partial charge >= 0.3 is 0 Å². The molecule has 0 aliphatic heterocycles. The maximum Gasteiger partial charge on any atom is 0.230 e. The van der Waals surface area contributed by atoms with Gasteiger partial charge < -0.3 is 5.32 Å². The molecule has 0 aromatic rings. The summed E-state index contributed by atoms with van der Waals surface area (Å²) in [6.07, 6.45) is 6.16. The number of rotatable bonds is 2. The Morgan fingerprint density at radius 3 is 2.70 bits per heavy atom. The SMILES string of the molecule is O=C(CBr)NC1CC=CC1. The molecule has 0 fully saturated rings. The van der Waals surface area contributed by atoms with Crippen molar-refractivity contribution in [3.05, 3.63) is 12.2 Å². The lowest BCUT2D eigenvalue weighted by Crippen LogP contribution is -2.33. The van der Waals surface area contributed by atoms with E-state index in [1.54, 1.807) is 0 Å². The van der Waals surface area contributed by atoms with Crippen molar-refractivity contribution >= 4 is 21.8 Å². The van der Waals surface area contributed by atoms with E-state index >= 15 is 0 Å². The van der Waals surface area contributed by atoms with Crippen LogP contribution in [0.1, 0.15) is 12.8 Å². The molecule has 2 nitrogen and oxygen atoms in total. The number of carbonyl (C=O) groups excluding carboxylic acids is 1. The Kier molecular flexibility index (Phi) is 2.93. The average Bonchev–Trinajstić information content (AvgIpc) is 2.40. The van der Waals surface area contributed by atoms with Gasteiger partial charge in [0.2, 0.25) is 5.91 Å². The minimum absolute atomic E-state index is 0.0775. The number of hydrogen-bond acceptors (Lipinski definition) is 1. The number of hydrogen-bond donors (Lipinski definition) is 1. The molecule has 1 aliphatic carbocycles. The highest BCUT2D eigenvalue weighted by Gasteiger charge is 2.11. The first kappa shape index (κ1) is 7.79. The zero-order chi connectivity index (χ0) is 7.40. The van der Waals surface area contributed by atoms with E-state index in [0.717, 1.165) is 12.8 Å². The standard InChI is InChI=1S/C7H10BrNO/c8-5-7(10)9-6-3-1-2-4-6/h1-2,6H,3-5H2,(H,9,10). The van der Waals surface area contributed by atoms with Gasteiger partial charge in [0.1, 0.15) is 0 Å². The molecule has 0 bridgehead atoms. The van der Waals surface area contributed by atoms with Crippen molar-refractivity contribution in [3.63, 3.8) is 0 Å². The van der Waals surface area contributed by atoms with Gasteiger partial charge in [-0.1, -0.05) is 28.1 Å². The summed E-state index contributed by atoms with van der Waals surface area (Å²) < 4.78 is 0. The Morgan fingerprint density at radius 1 is 1.60 bits per heavy atom. The highest BCUT2D eigenvalue weighted by atomic mass is 79.9. The molecule has 0 atom stereocenters. The largest absolute Gasteiger partial charge is 0.352 e. The predicted molar refractivity (Wildman–Crippen MR) is 44.1 cm³/mol. The highest BCUT2D eigenvalue weighted by molar-refractivity contribution is 9.09. The average molecular weight is 204 g/mol. The molecule has 1 amide bonds. The summed E-state index contributed by atoms with van der Waals surface area (Å²) in [7, 11) is 0. The summed E-state index contributed by atoms with van der Waals surface area (Å²) in [5.74, 6) is 0.0775. The van der Waals surface area contributed by atoms with Crippen molar-refractivity contribution in [2.45, 2.75) is 18.9 Å². The lowest BCUT2D eigenvalue weighted by Gasteiger charge is -2.09. The molecular formula is C7H10BrNO. The molecule has 0 aromatic heterocycles. The molecule has 0 saturated carbocycles. The number of carbonyl (C=O) groups is 1. The van der Waals surface area contributed by atoms with E-state index in [0.29, 0.717) is 11.4 Å². The third kappa shape index (κ3) is 2.14. The Balaban J connectivity index is 2.19. The second-order valence-corrected chi connectivity index (χ2v) is 2.90. The Labute approximate surface area is 68.8 Å². The smallest absolute Gasteiger partial charge is 0.230 e. The van der Waals surface area contributed by atoms with E-state index in [1.165, 1.54) is 0 Å². The quantitative estimate of drug-likeness (QED) is 0.531. The molecule has 3 heteroatoms. The van der Waals surface area contributed by atoms with Gasteiger partial charge in [0.05, 0.1) is 5.33 Å². The molecule has 0 spiro atoms. The molecule has 0 heterocycles. The Hall–Kier alpha value is -0.310. The van der Waals surface area contributed by atoms with Crippen LogP contribution < -0.4 is 5.32 Å². The van der Waals surface area contributed by atoms with Crippen LogP contribution in [-0.4, -0.2) is 17.3 Å². The molecule has 0 unspecified atom stereocenters. The minimum atomic E-state index is 0.0775. The molecule has 1 N–H and O–H groups in total. The number of halogens is 1. The second kappa shape index (κ2) is 3.76. The van der Waals surface area contributed by atoms with Gasteiger partial charge in [-0.25, -0.2) is 0 Å². The lowest BCUT2D eigenvalue weighted by atomic mass is 10.2. The van der Waals surface area contributed by atoms with Gasteiger partial charge in [-0.2, -0.15) is 0 Å². The normalized spacial score (nSPS) is 17.7. The summed E-state index contributed by atoms with van der Waals surface area (Å²) in [5, 5.41) is 3.29. The molecule has 0 saturated heterocycles. The van der Waals surface area contributed by atoms with Gasteiger partial charge in [-0.15, -0.1) is 0 Å². The maximum absolute atomic E-state index is 10.8. The number of amides is 1. The van der Waals surface area contributed by atoms with E-state index in [-0.39, 0.29) is 5.91 Å². The van der Waals surface area contributed by atoms with E-state index in [1.807, 2.05) is 0 Å². The topological polar surface area (TPSA) is 29.1 Å². The number of nitrogens with one attached hydrogen (secondary N) is 1. The summed E-state index contributed by atoms with van der Waals surface area (Å²) in [4.78, 5) is 10.8. The fourth-order valence-electron chi connectivity index (χ4n) is 1.00. The summed E-state index contributed by atoms with van der Waals surface area (Å²) in [6, 6.07) is 0.352.